The molecule has 11 nitrogen and oxygen atoms in total. The molecule has 0 bridgehead atoms. The van der Waals surface area contributed by atoms with Gasteiger partial charge in [-0.2, -0.15) is 4.98 Å². The van der Waals surface area contributed by atoms with E-state index < -0.39 is 29.7 Å². The highest BCUT2D eigenvalue weighted by Crippen LogP contribution is 2.24. The summed E-state index contributed by atoms with van der Waals surface area (Å²) in [6.07, 6.45) is 2.01. The number of rotatable bonds is 6. The van der Waals surface area contributed by atoms with E-state index in [1.165, 1.54) is 4.90 Å². The minimum absolute atomic E-state index is 0.0491. The average Bonchev–Trinajstić information content (AvgIpc) is 3.33. The van der Waals surface area contributed by atoms with Crippen molar-refractivity contribution in [3.63, 3.8) is 0 Å². The van der Waals surface area contributed by atoms with Gasteiger partial charge in [-0.3, -0.25) is 34.2 Å². The fourth-order valence-electron chi connectivity index (χ4n) is 3.40. The normalized spacial score (nSPS) is 18.8. The number of nitrogens with zero attached hydrogens (tertiary/aromatic N) is 4. The number of aldehydes is 1. The van der Waals surface area contributed by atoms with Crippen LogP contribution in [-0.4, -0.2) is 62.9 Å². The van der Waals surface area contributed by atoms with Crippen LogP contribution in [0, 0.1) is 0 Å². The molecule has 2 aliphatic rings. The summed E-state index contributed by atoms with van der Waals surface area (Å²) in [5.41, 5.74) is 1.24. The molecule has 158 valence electrons. The molecule has 4 amide bonds. The molecule has 4 rings (SSSR count). The number of benzene rings is 1. The third-order valence-corrected chi connectivity index (χ3v) is 5.01. The van der Waals surface area contributed by atoms with Crippen molar-refractivity contribution in [2.24, 2.45) is 0 Å². The van der Waals surface area contributed by atoms with Crippen LogP contribution in [0.2, 0.25) is 0 Å². The predicted octanol–water partition coefficient (Wildman–Crippen LogP) is 0.0388. The number of hydrogen-bond acceptors (Lipinski definition) is 9. The van der Waals surface area contributed by atoms with Gasteiger partial charge < -0.3 is 9.42 Å². The fraction of sp³-hybridized carbons (Fsp3) is 0.250. The topological polar surface area (TPSA) is 143 Å². The first-order chi connectivity index (χ1) is 14.9. The van der Waals surface area contributed by atoms with Crippen LogP contribution in [0.5, 0.6) is 0 Å². The lowest BCUT2D eigenvalue weighted by Crippen LogP contribution is -2.54. The number of likely N-dealkylation sites (N-methyl/N-ethyl adjacent to an activating group) is 1. The first kappa shape index (κ1) is 20.1. The van der Waals surface area contributed by atoms with Crippen LogP contribution in [0.15, 0.2) is 40.6 Å². The zero-order chi connectivity index (χ0) is 22.1. The maximum atomic E-state index is 12.8. The Morgan fingerprint density at radius 3 is 2.65 bits per heavy atom. The van der Waals surface area contributed by atoms with Gasteiger partial charge in [0.15, 0.2) is 0 Å². The van der Waals surface area contributed by atoms with E-state index in [-0.39, 0.29) is 31.0 Å². The number of amides is 4. The van der Waals surface area contributed by atoms with Gasteiger partial charge >= 0.3 is 0 Å². The second-order valence-corrected chi connectivity index (χ2v) is 7.12. The Bertz CT molecular complexity index is 1120. The molecule has 3 heterocycles. The third-order valence-electron chi connectivity index (χ3n) is 5.01. The summed E-state index contributed by atoms with van der Waals surface area (Å²) in [6, 6.07) is 5.59. The number of imide groups is 2. The van der Waals surface area contributed by atoms with Crippen molar-refractivity contribution < 1.29 is 28.5 Å². The summed E-state index contributed by atoms with van der Waals surface area (Å²) in [5.74, 6) is -1.84. The molecule has 0 aliphatic carbocycles. The Balaban J connectivity index is 1.45. The van der Waals surface area contributed by atoms with E-state index >= 15 is 0 Å². The maximum Gasteiger partial charge on any atom is 0.277 e. The van der Waals surface area contributed by atoms with Gasteiger partial charge in [0.25, 0.3) is 11.8 Å². The Kier molecular flexibility index (Phi) is 5.15. The van der Waals surface area contributed by atoms with Crippen LogP contribution < -0.4 is 5.32 Å². The highest BCUT2D eigenvalue weighted by atomic mass is 16.5. The highest BCUT2D eigenvalue weighted by molar-refractivity contribution is 6.18. The van der Waals surface area contributed by atoms with Crippen LogP contribution in [-0.2, 0) is 25.7 Å². The minimum atomic E-state index is -1.02. The first-order valence-electron chi connectivity index (χ1n) is 9.39. The second kappa shape index (κ2) is 7.94. The molecule has 1 aromatic heterocycles. The van der Waals surface area contributed by atoms with Crippen molar-refractivity contribution in [2.45, 2.75) is 25.4 Å². The van der Waals surface area contributed by atoms with Crippen LogP contribution in [0.4, 0.5) is 0 Å². The van der Waals surface area contributed by atoms with Gasteiger partial charge in [0.05, 0.1) is 6.54 Å². The Hall–Kier alpha value is -4.15. The van der Waals surface area contributed by atoms with Gasteiger partial charge in [-0.05, 0) is 6.42 Å². The lowest BCUT2D eigenvalue weighted by Gasteiger charge is -2.29. The molecule has 1 fully saturated rings. The molecule has 1 aromatic carbocycles. The fourth-order valence-corrected chi connectivity index (χ4v) is 3.40. The largest absolute Gasteiger partial charge is 0.361 e. The van der Waals surface area contributed by atoms with Crippen molar-refractivity contribution in [1.82, 2.24) is 25.3 Å². The molecule has 11 heteroatoms. The standard InChI is InChI=1S/C20H17N5O6/c1-24(9-16-22-18(23-31-16)12-4-2-11(10-26)3-5-12)14-8-17(28)25(20(14)30)13-6-7-15(27)21-19(13)29/h2-5,8,10,13H,6-7,9H2,1H3,(H,21,27,29). The minimum Gasteiger partial charge on any atom is -0.361 e. The van der Waals surface area contributed by atoms with Gasteiger partial charge in [-0.25, -0.2) is 0 Å². The smallest absolute Gasteiger partial charge is 0.277 e. The zero-order valence-corrected chi connectivity index (χ0v) is 16.4. The number of nitrogens with one attached hydrogen (secondary N) is 1. The van der Waals surface area contributed by atoms with E-state index in [2.05, 4.69) is 15.5 Å². The van der Waals surface area contributed by atoms with Gasteiger partial charge in [0.2, 0.25) is 23.5 Å². The molecule has 2 aliphatic heterocycles. The SMILES string of the molecule is CN(Cc1nc(-c2ccc(C=O)cc2)no1)C1=CC(=O)N(C2CCC(=O)NC2=O)C1=O. The van der Waals surface area contributed by atoms with Crippen molar-refractivity contribution in [3.05, 3.63) is 47.5 Å². The summed E-state index contributed by atoms with van der Waals surface area (Å²) < 4.78 is 5.23. The molecule has 2 aromatic rings. The summed E-state index contributed by atoms with van der Waals surface area (Å²) in [6.45, 7) is 0.0491. The Labute approximate surface area is 175 Å². The predicted molar refractivity (Wildman–Crippen MR) is 103 cm³/mol. The van der Waals surface area contributed by atoms with E-state index in [0.29, 0.717) is 17.0 Å². The lowest BCUT2D eigenvalue weighted by atomic mass is 10.0. The van der Waals surface area contributed by atoms with Crippen molar-refractivity contribution in [2.75, 3.05) is 7.05 Å². The Morgan fingerprint density at radius 2 is 1.97 bits per heavy atom. The van der Waals surface area contributed by atoms with Gasteiger partial charge in [-0.15, -0.1) is 0 Å². The molecule has 1 saturated heterocycles. The quantitative estimate of drug-likeness (QED) is 0.503. The molecule has 1 atom stereocenters. The summed E-state index contributed by atoms with van der Waals surface area (Å²) in [7, 11) is 1.58. The summed E-state index contributed by atoms with van der Waals surface area (Å²) in [5, 5.41) is 6.04. The number of piperidine rings is 1. The van der Waals surface area contributed by atoms with Crippen LogP contribution >= 0.6 is 0 Å². The molecule has 1 N–H and O–H groups in total. The average molecular weight is 423 g/mol. The molecular formula is C20H17N5O6. The summed E-state index contributed by atoms with van der Waals surface area (Å²) >= 11 is 0. The van der Waals surface area contributed by atoms with Crippen LogP contribution in [0.1, 0.15) is 29.1 Å². The van der Waals surface area contributed by atoms with Crippen molar-refractivity contribution >= 4 is 29.9 Å². The van der Waals surface area contributed by atoms with Crippen LogP contribution in [0.3, 0.4) is 0 Å². The number of carbonyl (C=O) groups is 5. The number of aromatic nitrogens is 2. The highest BCUT2D eigenvalue weighted by Gasteiger charge is 2.43. The van der Waals surface area contributed by atoms with Gasteiger partial charge in [-0.1, -0.05) is 29.4 Å². The number of carbonyl (C=O) groups excluding carboxylic acids is 5. The van der Waals surface area contributed by atoms with Gasteiger partial charge in [0.1, 0.15) is 18.0 Å². The molecular weight excluding hydrogens is 406 g/mol. The third kappa shape index (κ3) is 3.84. The van der Waals surface area contributed by atoms with E-state index in [1.807, 2.05) is 0 Å². The van der Waals surface area contributed by atoms with Gasteiger partial charge in [0, 0.05) is 30.7 Å². The van der Waals surface area contributed by atoms with E-state index in [0.717, 1.165) is 17.3 Å². The lowest BCUT2D eigenvalue weighted by molar-refractivity contribution is -0.150. The molecule has 1 unspecified atom stereocenters. The van der Waals surface area contributed by atoms with E-state index in [4.69, 9.17) is 4.52 Å². The molecule has 0 saturated carbocycles. The Morgan fingerprint density at radius 1 is 1.23 bits per heavy atom. The molecule has 0 spiro atoms. The van der Waals surface area contributed by atoms with Crippen molar-refractivity contribution in [1.29, 1.82) is 0 Å². The second-order valence-electron chi connectivity index (χ2n) is 7.12. The maximum absolute atomic E-state index is 12.8. The molecule has 0 radical (unpaired) electrons. The van der Waals surface area contributed by atoms with Crippen LogP contribution in [0.25, 0.3) is 11.4 Å². The van der Waals surface area contributed by atoms with E-state index in [9.17, 15) is 24.0 Å². The first-order valence-corrected chi connectivity index (χ1v) is 9.39. The summed E-state index contributed by atoms with van der Waals surface area (Å²) in [4.78, 5) is 65.9. The molecule has 31 heavy (non-hydrogen) atoms. The van der Waals surface area contributed by atoms with E-state index in [1.54, 1.807) is 31.3 Å². The monoisotopic (exact) mass is 423 g/mol. The zero-order valence-electron chi connectivity index (χ0n) is 16.4. The van der Waals surface area contributed by atoms with Crippen molar-refractivity contribution in [3.8, 4) is 11.4 Å². The number of hydrogen-bond donors (Lipinski definition) is 1.